The lowest BCUT2D eigenvalue weighted by molar-refractivity contribution is -0.118. The lowest BCUT2D eigenvalue weighted by atomic mass is 10.4. The van der Waals surface area contributed by atoms with Crippen LogP contribution in [0.1, 0.15) is 6.92 Å². The maximum atomic E-state index is 11.7. The standard InChI is InChI=1S/C10H13ClN2O3S/c1-8(14)12-5-6-13-17(15,16)10-4-2-3-9(11)7-10/h2-4,7,13H,5-6H2,1H3,(H,12,14). The average molecular weight is 277 g/mol. The fourth-order valence-electron chi connectivity index (χ4n) is 1.14. The van der Waals surface area contributed by atoms with Crippen LogP contribution in [0.3, 0.4) is 0 Å². The molecule has 2 N–H and O–H groups in total. The molecule has 0 aromatic heterocycles. The van der Waals surface area contributed by atoms with E-state index in [0.29, 0.717) is 5.02 Å². The zero-order valence-corrected chi connectivity index (χ0v) is 10.8. The Kier molecular flexibility index (Phi) is 4.92. The van der Waals surface area contributed by atoms with E-state index >= 15 is 0 Å². The number of hydrogen-bond acceptors (Lipinski definition) is 3. The van der Waals surface area contributed by atoms with Crippen molar-refractivity contribution in [2.75, 3.05) is 13.1 Å². The van der Waals surface area contributed by atoms with Gasteiger partial charge in [0.2, 0.25) is 15.9 Å². The number of sulfonamides is 1. The van der Waals surface area contributed by atoms with E-state index in [1.807, 2.05) is 0 Å². The van der Waals surface area contributed by atoms with Gasteiger partial charge in [-0.05, 0) is 18.2 Å². The summed E-state index contributed by atoms with van der Waals surface area (Å²) in [5, 5.41) is 2.85. The Hall–Kier alpha value is -1.11. The molecule has 94 valence electrons. The predicted molar refractivity (Wildman–Crippen MR) is 65.3 cm³/mol. The topological polar surface area (TPSA) is 75.3 Å². The van der Waals surface area contributed by atoms with Gasteiger partial charge in [0.1, 0.15) is 0 Å². The smallest absolute Gasteiger partial charge is 0.240 e. The Labute approximate surface area is 105 Å². The molecule has 0 spiro atoms. The first-order chi connectivity index (χ1) is 7.92. The second-order valence-corrected chi connectivity index (χ2v) is 5.54. The molecule has 0 saturated carbocycles. The molecule has 1 rings (SSSR count). The van der Waals surface area contributed by atoms with Gasteiger partial charge in [-0.15, -0.1) is 0 Å². The molecular formula is C10H13ClN2O3S. The van der Waals surface area contributed by atoms with Crippen molar-refractivity contribution in [1.82, 2.24) is 10.0 Å². The first-order valence-electron chi connectivity index (χ1n) is 4.91. The number of hydrogen-bond donors (Lipinski definition) is 2. The van der Waals surface area contributed by atoms with Crippen LogP contribution in [0.15, 0.2) is 29.2 Å². The highest BCUT2D eigenvalue weighted by molar-refractivity contribution is 7.89. The number of rotatable bonds is 5. The third-order valence-electron chi connectivity index (χ3n) is 1.90. The minimum absolute atomic E-state index is 0.104. The maximum Gasteiger partial charge on any atom is 0.240 e. The molecule has 0 heterocycles. The van der Waals surface area contributed by atoms with Gasteiger partial charge in [0.05, 0.1) is 4.90 Å². The predicted octanol–water partition coefficient (Wildman–Crippen LogP) is 0.754. The molecule has 17 heavy (non-hydrogen) atoms. The van der Waals surface area contributed by atoms with Crippen LogP contribution in [-0.4, -0.2) is 27.4 Å². The van der Waals surface area contributed by atoms with Crippen molar-refractivity contribution in [2.24, 2.45) is 0 Å². The van der Waals surface area contributed by atoms with Crippen LogP contribution in [0.25, 0.3) is 0 Å². The molecule has 0 aliphatic rings. The molecule has 0 atom stereocenters. The van der Waals surface area contributed by atoms with Crippen LogP contribution in [0.4, 0.5) is 0 Å². The summed E-state index contributed by atoms with van der Waals surface area (Å²) in [6.07, 6.45) is 0. The fraction of sp³-hybridized carbons (Fsp3) is 0.300. The van der Waals surface area contributed by atoms with E-state index in [1.165, 1.54) is 19.1 Å². The summed E-state index contributed by atoms with van der Waals surface area (Å²) in [5.41, 5.74) is 0. The number of amides is 1. The molecule has 7 heteroatoms. The van der Waals surface area contributed by atoms with E-state index < -0.39 is 10.0 Å². The van der Waals surface area contributed by atoms with Gasteiger partial charge in [-0.3, -0.25) is 4.79 Å². The molecule has 5 nitrogen and oxygen atoms in total. The number of carbonyl (C=O) groups excluding carboxylic acids is 1. The summed E-state index contributed by atoms with van der Waals surface area (Å²) < 4.78 is 25.8. The zero-order chi connectivity index (χ0) is 12.9. The van der Waals surface area contributed by atoms with E-state index in [1.54, 1.807) is 12.1 Å². The van der Waals surface area contributed by atoms with Crippen molar-refractivity contribution in [3.8, 4) is 0 Å². The molecule has 0 bridgehead atoms. The average Bonchev–Trinajstić information content (AvgIpc) is 2.24. The molecular weight excluding hydrogens is 264 g/mol. The van der Waals surface area contributed by atoms with Crippen molar-refractivity contribution < 1.29 is 13.2 Å². The monoisotopic (exact) mass is 276 g/mol. The zero-order valence-electron chi connectivity index (χ0n) is 9.23. The number of benzene rings is 1. The van der Waals surface area contributed by atoms with E-state index in [9.17, 15) is 13.2 Å². The minimum Gasteiger partial charge on any atom is -0.355 e. The summed E-state index contributed by atoms with van der Waals surface area (Å²) in [6, 6.07) is 5.97. The summed E-state index contributed by atoms with van der Waals surface area (Å²) in [4.78, 5) is 10.7. The molecule has 0 aliphatic heterocycles. The fourth-order valence-corrected chi connectivity index (χ4v) is 2.47. The van der Waals surface area contributed by atoms with E-state index in [0.717, 1.165) is 0 Å². The lowest BCUT2D eigenvalue weighted by Gasteiger charge is -2.07. The van der Waals surface area contributed by atoms with E-state index in [2.05, 4.69) is 10.0 Å². The summed E-state index contributed by atoms with van der Waals surface area (Å²) in [5.74, 6) is -0.202. The molecule has 1 amide bonds. The largest absolute Gasteiger partial charge is 0.355 e. The Morgan fingerprint density at radius 1 is 1.35 bits per heavy atom. The molecule has 0 fully saturated rings. The molecule has 0 saturated heterocycles. The van der Waals surface area contributed by atoms with Crippen LogP contribution >= 0.6 is 11.6 Å². The van der Waals surface area contributed by atoms with Crippen LogP contribution < -0.4 is 10.0 Å². The van der Waals surface area contributed by atoms with Gasteiger partial charge in [0, 0.05) is 25.0 Å². The summed E-state index contributed by atoms with van der Waals surface area (Å²) >= 11 is 5.70. The van der Waals surface area contributed by atoms with E-state index in [4.69, 9.17) is 11.6 Å². The van der Waals surface area contributed by atoms with Crippen molar-refractivity contribution in [3.05, 3.63) is 29.3 Å². The molecule has 0 unspecified atom stereocenters. The van der Waals surface area contributed by atoms with Crippen LogP contribution in [-0.2, 0) is 14.8 Å². The van der Waals surface area contributed by atoms with Gasteiger partial charge >= 0.3 is 0 Å². The van der Waals surface area contributed by atoms with Crippen molar-refractivity contribution in [2.45, 2.75) is 11.8 Å². The Balaban J connectivity index is 2.60. The number of nitrogens with one attached hydrogen (secondary N) is 2. The quantitative estimate of drug-likeness (QED) is 0.780. The second kappa shape index (κ2) is 6.00. The van der Waals surface area contributed by atoms with Crippen LogP contribution in [0.2, 0.25) is 5.02 Å². The first kappa shape index (κ1) is 14.0. The third kappa shape index (κ3) is 4.72. The van der Waals surface area contributed by atoms with Gasteiger partial charge in [0.25, 0.3) is 0 Å². The van der Waals surface area contributed by atoms with Gasteiger partial charge in [-0.25, -0.2) is 13.1 Å². The maximum absolute atomic E-state index is 11.7. The molecule has 1 aromatic rings. The van der Waals surface area contributed by atoms with Gasteiger partial charge < -0.3 is 5.32 Å². The van der Waals surface area contributed by atoms with Crippen molar-refractivity contribution >= 4 is 27.5 Å². The highest BCUT2D eigenvalue weighted by atomic mass is 35.5. The van der Waals surface area contributed by atoms with Crippen molar-refractivity contribution in [1.29, 1.82) is 0 Å². The SMILES string of the molecule is CC(=O)NCCNS(=O)(=O)c1cccc(Cl)c1. The highest BCUT2D eigenvalue weighted by Crippen LogP contribution is 2.14. The lowest BCUT2D eigenvalue weighted by Crippen LogP contribution is -2.33. The Bertz CT molecular complexity index is 502. The van der Waals surface area contributed by atoms with Crippen molar-refractivity contribution in [3.63, 3.8) is 0 Å². The summed E-state index contributed by atoms with van der Waals surface area (Å²) in [6.45, 7) is 1.75. The van der Waals surface area contributed by atoms with Gasteiger partial charge in [-0.2, -0.15) is 0 Å². The normalized spacial score (nSPS) is 11.2. The second-order valence-electron chi connectivity index (χ2n) is 3.34. The van der Waals surface area contributed by atoms with Gasteiger partial charge in [-0.1, -0.05) is 17.7 Å². The van der Waals surface area contributed by atoms with Gasteiger partial charge in [0.15, 0.2) is 0 Å². The number of halogens is 1. The summed E-state index contributed by atoms with van der Waals surface area (Å²) in [7, 11) is -3.57. The molecule has 0 aliphatic carbocycles. The van der Waals surface area contributed by atoms with Crippen LogP contribution in [0, 0.1) is 0 Å². The molecule has 0 radical (unpaired) electrons. The van der Waals surface area contributed by atoms with E-state index in [-0.39, 0.29) is 23.9 Å². The highest BCUT2D eigenvalue weighted by Gasteiger charge is 2.13. The Morgan fingerprint density at radius 3 is 2.65 bits per heavy atom. The van der Waals surface area contributed by atoms with Crippen LogP contribution in [0.5, 0.6) is 0 Å². The number of carbonyl (C=O) groups is 1. The molecule has 1 aromatic carbocycles. The Morgan fingerprint density at radius 2 is 2.06 bits per heavy atom. The first-order valence-corrected chi connectivity index (χ1v) is 6.77. The third-order valence-corrected chi connectivity index (χ3v) is 3.59. The minimum atomic E-state index is -3.57.